The molecule has 14 heavy (non-hydrogen) atoms. The molecule has 2 rings (SSSR count). The lowest BCUT2D eigenvalue weighted by Gasteiger charge is -2.02. The van der Waals surface area contributed by atoms with Crippen molar-refractivity contribution in [2.75, 3.05) is 0 Å². The average molecular weight is 306 g/mol. The Hall–Kier alpha value is -0.920. The van der Waals surface area contributed by atoms with Crippen molar-refractivity contribution in [2.24, 2.45) is 0 Å². The first kappa shape index (κ1) is 9.63. The Morgan fingerprint density at radius 2 is 2.29 bits per heavy atom. The van der Waals surface area contributed by atoms with Crippen molar-refractivity contribution in [1.82, 2.24) is 4.98 Å². The van der Waals surface area contributed by atoms with Crippen molar-refractivity contribution in [3.63, 3.8) is 0 Å². The van der Waals surface area contributed by atoms with E-state index in [1.54, 1.807) is 6.07 Å². The first-order chi connectivity index (χ1) is 6.66. The molecule has 1 saturated carbocycles. The summed E-state index contributed by atoms with van der Waals surface area (Å²) in [6, 6.07) is 2.96. The van der Waals surface area contributed by atoms with Gasteiger partial charge in [-0.3, -0.25) is 0 Å². The lowest BCUT2D eigenvalue weighted by Crippen LogP contribution is -2.01. The van der Waals surface area contributed by atoms with Crippen molar-refractivity contribution in [1.29, 1.82) is 0 Å². The van der Waals surface area contributed by atoms with Crippen LogP contribution in [0.1, 0.15) is 12.8 Å². The van der Waals surface area contributed by atoms with Crippen LogP contribution in [-0.4, -0.2) is 16.0 Å². The quantitative estimate of drug-likeness (QED) is 0.371. The summed E-state index contributed by atoms with van der Waals surface area (Å²) in [7, 11) is 0. The van der Waals surface area contributed by atoms with E-state index in [0.717, 1.165) is 12.8 Å². The van der Waals surface area contributed by atoms with Crippen LogP contribution in [-0.2, 0) is 0 Å². The molecule has 6 heteroatoms. The summed E-state index contributed by atoms with van der Waals surface area (Å²) in [6.45, 7) is 0. The number of nitrogens with zero attached hydrogens (tertiary/aromatic N) is 2. The average Bonchev–Trinajstić information content (AvgIpc) is 2.92. The molecule has 0 spiro atoms. The lowest BCUT2D eigenvalue weighted by molar-refractivity contribution is -0.389. The Morgan fingerprint density at radius 1 is 1.57 bits per heavy atom. The fraction of sp³-hybridized carbons (Fsp3) is 0.375. The second kappa shape index (κ2) is 3.68. The van der Waals surface area contributed by atoms with Crippen LogP contribution in [0.2, 0.25) is 0 Å². The molecule has 0 aromatic carbocycles. The van der Waals surface area contributed by atoms with E-state index in [1.165, 1.54) is 6.07 Å². The van der Waals surface area contributed by atoms with Crippen LogP contribution in [0.3, 0.4) is 0 Å². The monoisotopic (exact) mass is 306 g/mol. The number of halogens is 1. The highest BCUT2D eigenvalue weighted by Gasteiger charge is 2.26. The molecule has 74 valence electrons. The van der Waals surface area contributed by atoms with Crippen molar-refractivity contribution in [3.05, 3.63) is 25.9 Å². The minimum absolute atomic E-state index is 0.141. The van der Waals surface area contributed by atoms with Crippen LogP contribution in [0.25, 0.3) is 0 Å². The molecule has 0 unspecified atom stereocenters. The van der Waals surface area contributed by atoms with E-state index in [2.05, 4.69) is 4.98 Å². The van der Waals surface area contributed by atoms with E-state index < -0.39 is 4.92 Å². The summed E-state index contributed by atoms with van der Waals surface area (Å²) in [6.07, 6.45) is 2.41. The molecule has 0 bridgehead atoms. The Kier molecular flexibility index (Phi) is 2.53. The zero-order valence-corrected chi connectivity index (χ0v) is 9.30. The predicted octanol–water partition coefficient (Wildman–Crippen LogP) is 2.14. The molecule has 0 aliphatic heterocycles. The molecule has 0 saturated heterocycles. The van der Waals surface area contributed by atoms with Crippen LogP contribution < -0.4 is 4.74 Å². The first-order valence-corrected chi connectivity index (χ1v) is 5.22. The normalized spacial score (nSPS) is 15.2. The number of nitro groups is 1. The Bertz CT molecular complexity index is 379. The SMILES string of the molecule is O=[N+]([O-])c1ccc(OC2CC2)c(I)n1. The molecule has 1 heterocycles. The van der Waals surface area contributed by atoms with Gasteiger partial charge in [-0.25, -0.2) is 0 Å². The number of hydrogen-bond donors (Lipinski definition) is 0. The molecule has 1 aliphatic rings. The third kappa shape index (κ3) is 2.11. The molecule has 0 amide bonds. The summed E-state index contributed by atoms with van der Waals surface area (Å²) < 4.78 is 6.04. The van der Waals surface area contributed by atoms with Gasteiger partial charge in [0.25, 0.3) is 3.70 Å². The number of aromatic nitrogens is 1. The van der Waals surface area contributed by atoms with Gasteiger partial charge in [-0.1, -0.05) is 0 Å². The Balaban J connectivity index is 2.21. The molecular formula is C8H7IN2O3. The molecule has 0 N–H and O–H groups in total. The highest BCUT2D eigenvalue weighted by molar-refractivity contribution is 14.1. The Morgan fingerprint density at radius 3 is 2.79 bits per heavy atom. The largest absolute Gasteiger partial charge is 0.485 e. The third-order valence-corrected chi connectivity index (χ3v) is 2.58. The van der Waals surface area contributed by atoms with E-state index in [-0.39, 0.29) is 11.9 Å². The van der Waals surface area contributed by atoms with Gasteiger partial charge >= 0.3 is 5.82 Å². The molecular weight excluding hydrogens is 299 g/mol. The van der Waals surface area contributed by atoms with Crippen molar-refractivity contribution < 1.29 is 9.66 Å². The molecule has 1 aromatic rings. The Labute approximate surface area is 93.8 Å². The van der Waals surface area contributed by atoms with Crippen molar-refractivity contribution >= 4 is 28.4 Å². The summed E-state index contributed by atoms with van der Waals surface area (Å²) in [5, 5.41) is 10.4. The number of hydrogen-bond acceptors (Lipinski definition) is 4. The number of rotatable bonds is 3. The van der Waals surface area contributed by atoms with Crippen LogP contribution in [0.15, 0.2) is 12.1 Å². The van der Waals surface area contributed by atoms with Gasteiger partial charge in [0.15, 0.2) is 5.75 Å². The summed E-state index contributed by atoms with van der Waals surface area (Å²) in [5.74, 6) is 0.497. The molecule has 0 atom stereocenters. The maximum Gasteiger partial charge on any atom is 0.364 e. The van der Waals surface area contributed by atoms with E-state index in [0.29, 0.717) is 9.45 Å². The van der Waals surface area contributed by atoms with Crippen LogP contribution in [0.4, 0.5) is 5.82 Å². The van der Waals surface area contributed by atoms with Gasteiger partial charge in [-0.15, -0.1) is 0 Å². The molecule has 5 nitrogen and oxygen atoms in total. The fourth-order valence-corrected chi connectivity index (χ4v) is 1.52. The molecule has 1 fully saturated rings. The summed E-state index contributed by atoms with van der Waals surface area (Å²) in [5.41, 5.74) is 0. The van der Waals surface area contributed by atoms with Gasteiger partial charge in [-0.05, 0) is 28.8 Å². The minimum atomic E-state index is -0.511. The van der Waals surface area contributed by atoms with Gasteiger partial charge in [-0.2, -0.15) is 0 Å². The van der Waals surface area contributed by atoms with E-state index in [1.807, 2.05) is 22.6 Å². The van der Waals surface area contributed by atoms with Gasteiger partial charge in [0.1, 0.15) is 0 Å². The maximum atomic E-state index is 10.4. The minimum Gasteiger partial charge on any atom is -0.485 e. The van der Waals surface area contributed by atoms with Gasteiger partial charge < -0.3 is 14.9 Å². The number of ether oxygens (including phenoxy) is 1. The number of pyridine rings is 1. The molecule has 1 aliphatic carbocycles. The highest BCUT2D eigenvalue weighted by atomic mass is 127. The first-order valence-electron chi connectivity index (χ1n) is 4.14. The predicted molar refractivity (Wildman–Crippen MR) is 57.3 cm³/mol. The van der Waals surface area contributed by atoms with E-state index in [9.17, 15) is 10.1 Å². The van der Waals surface area contributed by atoms with Gasteiger partial charge in [0, 0.05) is 28.7 Å². The zero-order chi connectivity index (χ0) is 10.1. The van der Waals surface area contributed by atoms with E-state index in [4.69, 9.17) is 4.74 Å². The smallest absolute Gasteiger partial charge is 0.364 e. The fourth-order valence-electron chi connectivity index (χ4n) is 0.967. The standard InChI is InChI=1S/C8H7IN2O3/c9-8-6(14-5-1-2-5)3-4-7(10-8)11(12)13/h3-5H,1-2H2. The van der Waals surface area contributed by atoms with Gasteiger partial charge in [0.05, 0.1) is 6.10 Å². The van der Waals surface area contributed by atoms with Gasteiger partial charge in [0.2, 0.25) is 0 Å². The van der Waals surface area contributed by atoms with Crippen LogP contribution in [0.5, 0.6) is 5.75 Å². The maximum absolute atomic E-state index is 10.4. The lowest BCUT2D eigenvalue weighted by atomic mass is 10.4. The topological polar surface area (TPSA) is 65.3 Å². The van der Waals surface area contributed by atoms with Crippen molar-refractivity contribution in [2.45, 2.75) is 18.9 Å². The molecule has 1 aromatic heterocycles. The third-order valence-electron chi connectivity index (χ3n) is 1.80. The second-order valence-electron chi connectivity index (χ2n) is 3.03. The second-order valence-corrected chi connectivity index (χ2v) is 4.05. The summed E-state index contributed by atoms with van der Waals surface area (Å²) >= 11 is 1.94. The highest BCUT2D eigenvalue weighted by Crippen LogP contribution is 2.30. The van der Waals surface area contributed by atoms with Crippen molar-refractivity contribution in [3.8, 4) is 5.75 Å². The van der Waals surface area contributed by atoms with E-state index >= 15 is 0 Å². The van der Waals surface area contributed by atoms with Crippen LogP contribution in [0, 0.1) is 13.8 Å². The summed E-state index contributed by atoms with van der Waals surface area (Å²) in [4.78, 5) is 13.7. The zero-order valence-electron chi connectivity index (χ0n) is 7.14. The molecule has 0 radical (unpaired) electrons. The van der Waals surface area contributed by atoms with Crippen LogP contribution >= 0.6 is 22.6 Å².